The van der Waals surface area contributed by atoms with Gasteiger partial charge in [-0.1, -0.05) is 94.3 Å². The topological polar surface area (TPSA) is 111 Å². The number of carbonyl (C=O) groups is 1. The number of halogens is 2. The van der Waals surface area contributed by atoms with Crippen LogP contribution in [0.2, 0.25) is 10.0 Å². The number of hydrogen-bond acceptors (Lipinski definition) is 8. The van der Waals surface area contributed by atoms with Gasteiger partial charge in [0.15, 0.2) is 0 Å². The number of anilines is 1. The van der Waals surface area contributed by atoms with Crippen LogP contribution in [0.15, 0.2) is 140 Å². The van der Waals surface area contributed by atoms with Crippen molar-refractivity contribution < 1.29 is 4.79 Å². The molecule has 1 aliphatic rings. The van der Waals surface area contributed by atoms with Crippen molar-refractivity contribution in [1.82, 2.24) is 44.9 Å². The van der Waals surface area contributed by atoms with E-state index in [1.54, 1.807) is 21.8 Å². The number of aromatic nitrogens is 8. The Hall–Kier alpha value is -6.27. The highest BCUT2D eigenvalue weighted by Gasteiger charge is 2.50. The zero-order valence-electron chi connectivity index (χ0n) is 28.6. The Bertz CT molecular complexity index is 2540. The molecule has 0 radical (unpaired) electrons. The van der Waals surface area contributed by atoms with E-state index in [9.17, 15) is 4.79 Å². The molecule has 4 aromatic heterocycles. The maximum Gasteiger partial charge on any atom is 0.247 e. The van der Waals surface area contributed by atoms with Crippen molar-refractivity contribution in [3.63, 3.8) is 0 Å². The van der Waals surface area contributed by atoms with Crippen molar-refractivity contribution in [3.05, 3.63) is 167 Å². The molecule has 2 atom stereocenters. The summed E-state index contributed by atoms with van der Waals surface area (Å²) in [6.45, 7) is 0.625. The first-order valence-electron chi connectivity index (χ1n) is 17.3. The third kappa shape index (κ3) is 6.49. The monoisotopic (exact) mass is 748 g/mol. The van der Waals surface area contributed by atoms with E-state index in [1.807, 2.05) is 126 Å². The standard InChI is InChI=1S/C41H30Cl2N10O/c42-28-12-14-33-35(21-28)44-19-17-37(33)51-25-30(46-48-51)23-50(24-31-26-52(49-47-31)38-18-20-45-36-22-29(43)13-15-34(36)38)40-39(16-11-27-7-3-1-4-8-27)53(41(40)54)32-9-5-2-6-10-32/h1-22,25-26,39-40H,23-24H2/b16-11+/t39-,40+/m1/s1. The van der Waals surface area contributed by atoms with Gasteiger partial charge in [0.1, 0.15) is 6.04 Å². The van der Waals surface area contributed by atoms with Crippen LogP contribution in [0.25, 0.3) is 39.3 Å². The van der Waals surface area contributed by atoms with Crippen LogP contribution in [0, 0.1) is 0 Å². The minimum atomic E-state index is -0.534. The third-order valence-electron chi connectivity index (χ3n) is 9.49. The Morgan fingerprint density at radius 1 is 0.667 bits per heavy atom. The van der Waals surface area contributed by atoms with Gasteiger partial charge in [0, 0.05) is 52.0 Å². The molecule has 0 bridgehead atoms. The van der Waals surface area contributed by atoms with E-state index in [2.05, 4.69) is 47.6 Å². The second-order valence-corrected chi connectivity index (χ2v) is 13.8. The van der Waals surface area contributed by atoms with Crippen LogP contribution in [0.4, 0.5) is 5.69 Å². The second kappa shape index (κ2) is 14.3. The third-order valence-corrected chi connectivity index (χ3v) is 9.96. The van der Waals surface area contributed by atoms with Crippen molar-refractivity contribution in [2.75, 3.05) is 4.90 Å². The van der Waals surface area contributed by atoms with Gasteiger partial charge < -0.3 is 4.90 Å². The number of benzene rings is 4. The summed E-state index contributed by atoms with van der Waals surface area (Å²) in [5, 5.41) is 21.1. The number of fused-ring (bicyclic) bond motifs is 2. The highest BCUT2D eigenvalue weighted by Crippen LogP contribution is 2.34. The van der Waals surface area contributed by atoms with Crippen LogP contribution in [0.3, 0.4) is 0 Å². The predicted molar refractivity (Wildman–Crippen MR) is 210 cm³/mol. The van der Waals surface area contributed by atoms with Crippen LogP contribution < -0.4 is 4.90 Å². The minimum Gasteiger partial charge on any atom is -0.302 e. The molecule has 0 N–H and O–H groups in total. The predicted octanol–water partition coefficient (Wildman–Crippen LogP) is 7.75. The highest BCUT2D eigenvalue weighted by molar-refractivity contribution is 6.31. The lowest BCUT2D eigenvalue weighted by Gasteiger charge is -2.50. The molecule has 0 saturated carbocycles. The average Bonchev–Trinajstić information content (AvgIpc) is 3.86. The molecule has 5 heterocycles. The van der Waals surface area contributed by atoms with Gasteiger partial charge in [-0.3, -0.25) is 19.7 Å². The Morgan fingerprint density at radius 3 is 1.76 bits per heavy atom. The molecule has 9 rings (SSSR count). The van der Waals surface area contributed by atoms with Gasteiger partial charge >= 0.3 is 0 Å². The Labute approximate surface area is 319 Å². The fraction of sp³-hybridized carbons (Fsp3) is 0.0976. The van der Waals surface area contributed by atoms with E-state index in [0.717, 1.165) is 44.4 Å². The van der Waals surface area contributed by atoms with Crippen LogP contribution in [-0.2, 0) is 17.9 Å². The molecule has 13 heteroatoms. The number of pyridine rings is 2. The molecule has 8 aromatic rings. The summed E-state index contributed by atoms with van der Waals surface area (Å²) in [4.78, 5) is 27.2. The molecular weight excluding hydrogens is 719 g/mol. The summed E-state index contributed by atoms with van der Waals surface area (Å²) >= 11 is 12.5. The molecule has 0 spiro atoms. The van der Waals surface area contributed by atoms with E-state index >= 15 is 0 Å². The van der Waals surface area contributed by atoms with Gasteiger partial charge in [0.2, 0.25) is 5.91 Å². The van der Waals surface area contributed by atoms with E-state index < -0.39 is 6.04 Å². The van der Waals surface area contributed by atoms with Crippen molar-refractivity contribution in [2.24, 2.45) is 0 Å². The summed E-state index contributed by atoms with van der Waals surface area (Å²) in [7, 11) is 0. The van der Waals surface area contributed by atoms with E-state index in [1.165, 1.54) is 0 Å². The van der Waals surface area contributed by atoms with Gasteiger partial charge in [-0.05, 0) is 66.2 Å². The summed E-state index contributed by atoms with van der Waals surface area (Å²) in [5.74, 6) is -0.0299. The van der Waals surface area contributed by atoms with Gasteiger partial charge in [0.05, 0.1) is 52.2 Å². The second-order valence-electron chi connectivity index (χ2n) is 12.9. The first-order valence-corrected chi connectivity index (χ1v) is 18.0. The molecule has 4 aromatic carbocycles. The largest absolute Gasteiger partial charge is 0.302 e. The van der Waals surface area contributed by atoms with E-state index in [0.29, 0.717) is 34.5 Å². The van der Waals surface area contributed by atoms with Crippen LogP contribution >= 0.6 is 23.2 Å². The van der Waals surface area contributed by atoms with Crippen LogP contribution in [0.1, 0.15) is 17.0 Å². The number of amides is 1. The van der Waals surface area contributed by atoms with Gasteiger partial charge in [0.25, 0.3) is 0 Å². The van der Waals surface area contributed by atoms with Crippen molar-refractivity contribution in [1.29, 1.82) is 0 Å². The first-order chi connectivity index (χ1) is 26.5. The van der Waals surface area contributed by atoms with Gasteiger partial charge in [-0.15, -0.1) is 10.2 Å². The molecule has 1 saturated heterocycles. The Morgan fingerprint density at radius 2 is 1.20 bits per heavy atom. The molecule has 0 unspecified atom stereocenters. The lowest BCUT2D eigenvalue weighted by Crippen LogP contribution is -2.70. The summed E-state index contributed by atoms with van der Waals surface area (Å²) in [5.41, 5.74) is 6.35. The number of carbonyl (C=O) groups excluding carboxylic acids is 1. The van der Waals surface area contributed by atoms with Gasteiger partial charge in [-0.2, -0.15) is 0 Å². The molecule has 1 amide bonds. The van der Waals surface area contributed by atoms with Crippen molar-refractivity contribution in [2.45, 2.75) is 25.2 Å². The fourth-order valence-electron chi connectivity index (χ4n) is 6.98. The lowest BCUT2D eigenvalue weighted by molar-refractivity contribution is -0.131. The number of rotatable bonds is 10. The molecular formula is C41H30Cl2N10O. The van der Waals surface area contributed by atoms with Crippen molar-refractivity contribution in [3.8, 4) is 11.4 Å². The lowest BCUT2D eigenvalue weighted by atomic mass is 9.90. The number of hydrogen-bond donors (Lipinski definition) is 0. The van der Waals surface area contributed by atoms with Gasteiger partial charge in [-0.25, -0.2) is 9.36 Å². The number of para-hydroxylation sites is 1. The molecule has 1 aliphatic heterocycles. The average molecular weight is 750 g/mol. The first kappa shape index (κ1) is 33.6. The number of nitrogens with zero attached hydrogens (tertiary/aromatic N) is 10. The SMILES string of the molecule is O=C1[C@@H](N(Cc2cn(-c3ccnc4cc(Cl)ccc34)nn2)Cc2cn(-c3ccnc4cc(Cl)ccc34)nn2)[C@@H](/C=C/c2ccccc2)N1c1ccccc1. The molecule has 0 aliphatic carbocycles. The molecule has 1 fully saturated rings. The highest BCUT2D eigenvalue weighted by atomic mass is 35.5. The van der Waals surface area contributed by atoms with Crippen molar-refractivity contribution >= 4 is 62.7 Å². The fourth-order valence-corrected chi connectivity index (χ4v) is 7.31. The van der Waals surface area contributed by atoms with E-state index in [4.69, 9.17) is 23.2 Å². The molecule has 54 heavy (non-hydrogen) atoms. The summed E-state index contributed by atoms with van der Waals surface area (Å²) in [6, 6.07) is 33.9. The maximum absolute atomic E-state index is 14.3. The quantitative estimate of drug-likeness (QED) is 0.131. The smallest absolute Gasteiger partial charge is 0.247 e. The summed E-state index contributed by atoms with van der Waals surface area (Å²) in [6.07, 6.45) is 11.4. The maximum atomic E-state index is 14.3. The summed E-state index contributed by atoms with van der Waals surface area (Å²) < 4.78 is 3.46. The molecule has 11 nitrogen and oxygen atoms in total. The zero-order valence-corrected chi connectivity index (χ0v) is 30.1. The minimum absolute atomic E-state index is 0.0299. The zero-order chi connectivity index (χ0) is 36.6. The Balaban J connectivity index is 1.08. The molecule has 264 valence electrons. The number of β-lactam (4-membered cyclic amide) rings is 1. The Kier molecular flexibility index (Phi) is 8.87. The van der Waals surface area contributed by atoms with Crippen LogP contribution in [0.5, 0.6) is 0 Å². The van der Waals surface area contributed by atoms with Crippen LogP contribution in [-0.4, -0.2) is 62.8 Å². The van der Waals surface area contributed by atoms with E-state index in [-0.39, 0.29) is 11.9 Å². The normalized spacial score (nSPS) is 15.8.